The topological polar surface area (TPSA) is 76.1 Å². The van der Waals surface area contributed by atoms with E-state index in [0.29, 0.717) is 23.5 Å². The lowest BCUT2D eigenvalue weighted by molar-refractivity contribution is -0.129. The Kier molecular flexibility index (Phi) is 5.87. The monoisotopic (exact) mass is 399 g/mol. The zero-order valence-corrected chi connectivity index (χ0v) is 16.4. The van der Waals surface area contributed by atoms with Crippen LogP contribution in [-0.4, -0.2) is 42.5 Å². The molecule has 0 aromatic heterocycles. The quantitative estimate of drug-likeness (QED) is 0.773. The number of ether oxygens (including phenoxy) is 2. The number of hydrogen-bond acceptors (Lipinski definition) is 5. The van der Waals surface area contributed by atoms with Crippen LogP contribution >= 0.6 is 0 Å². The molecule has 3 rings (SSSR count). The average molecular weight is 399 g/mol. The molecule has 1 unspecified atom stereocenters. The van der Waals surface area contributed by atoms with Crippen LogP contribution < -0.4 is 9.47 Å². The molecule has 1 atom stereocenters. The summed E-state index contributed by atoms with van der Waals surface area (Å²) >= 11 is 0. The molecule has 2 aromatic carbocycles. The zero-order valence-electron chi connectivity index (χ0n) is 16.4. The number of carbonyl (C=O) groups excluding carboxylic acids is 2. The van der Waals surface area contributed by atoms with Gasteiger partial charge in [-0.1, -0.05) is 18.2 Å². The molecule has 0 saturated carbocycles. The number of aliphatic hydroxyl groups is 1. The van der Waals surface area contributed by atoms with Crippen LogP contribution in [0.15, 0.2) is 53.8 Å². The first-order chi connectivity index (χ1) is 13.9. The summed E-state index contributed by atoms with van der Waals surface area (Å²) < 4.78 is 24.3. The Morgan fingerprint density at radius 2 is 1.86 bits per heavy atom. The molecule has 152 valence electrons. The number of hydrogen-bond donors (Lipinski definition) is 1. The van der Waals surface area contributed by atoms with E-state index in [0.717, 1.165) is 5.56 Å². The second-order valence-corrected chi connectivity index (χ2v) is 6.71. The second-order valence-electron chi connectivity index (χ2n) is 6.71. The number of benzene rings is 2. The summed E-state index contributed by atoms with van der Waals surface area (Å²) in [6, 6.07) is 10.3. The van der Waals surface area contributed by atoms with Gasteiger partial charge >= 0.3 is 0 Å². The molecule has 1 N–H and O–H groups in total. The number of amides is 1. The average Bonchev–Trinajstić information content (AvgIpc) is 2.96. The van der Waals surface area contributed by atoms with Crippen molar-refractivity contribution in [3.63, 3.8) is 0 Å². The lowest BCUT2D eigenvalue weighted by Gasteiger charge is -2.26. The molecule has 2 aromatic rings. The summed E-state index contributed by atoms with van der Waals surface area (Å²) in [6.45, 7) is 1.50. The van der Waals surface area contributed by atoms with Crippen molar-refractivity contribution < 1.29 is 28.6 Å². The van der Waals surface area contributed by atoms with Crippen LogP contribution in [0.2, 0.25) is 0 Å². The Morgan fingerprint density at radius 1 is 1.14 bits per heavy atom. The number of halogens is 1. The first-order valence-electron chi connectivity index (χ1n) is 9.08. The highest BCUT2D eigenvalue weighted by molar-refractivity contribution is 6.08. The van der Waals surface area contributed by atoms with Gasteiger partial charge in [-0.05, 0) is 48.7 Å². The van der Waals surface area contributed by atoms with E-state index in [1.807, 2.05) is 6.07 Å². The number of rotatable bonds is 7. The van der Waals surface area contributed by atoms with Gasteiger partial charge in [0.15, 0.2) is 23.0 Å². The Balaban J connectivity index is 1.91. The predicted octanol–water partition coefficient (Wildman–Crippen LogP) is 3.37. The van der Waals surface area contributed by atoms with Gasteiger partial charge in [-0.15, -0.1) is 0 Å². The minimum absolute atomic E-state index is 0.0205. The summed E-state index contributed by atoms with van der Waals surface area (Å²) in [7, 11) is 3.08. The molecule has 0 fully saturated rings. The lowest BCUT2D eigenvalue weighted by atomic mass is 9.96. The molecule has 29 heavy (non-hydrogen) atoms. The van der Waals surface area contributed by atoms with Crippen molar-refractivity contribution >= 4 is 11.7 Å². The van der Waals surface area contributed by atoms with Crippen molar-refractivity contribution in [1.29, 1.82) is 0 Å². The smallest absolute Gasteiger partial charge is 0.290 e. The highest BCUT2D eigenvalue weighted by atomic mass is 19.1. The van der Waals surface area contributed by atoms with Crippen LogP contribution in [0.5, 0.6) is 11.5 Å². The van der Waals surface area contributed by atoms with Crippen LogP contribution in [-0.2, 0) is 16.0 Å². The number of Topliss-reactive ketones (excluding diaryl/α,β-unsaturated/α-hetero) is 1. The molecule has 7 heteroatoms. The molecule has 0 radical (unpaired) electrons. The second kappa shape index (κ2) is 8.34. The predicted molar refractivity (Wildman–Crippen MR) is 104 cm³/mol. The highest BCUT2D eigenvalue weighted by Gasteiger charge is 2.42. The van der Waals surface area contributed by atoms with E-state index in [9.17, 15) is 19.1 Å². The maximum Gasteiger partial charge on any atom is 0.290 e. The van der Waals surface area contributed by atoms with E-state index >= 15 is 0 Å². The van der Waals surface area contributed by atoms with Crippen molar-refractivity contribution in [3.8, 4) is 11.5 Å². The van der Waals surface area contributed by atoms with Gasteiger partial charge in [0.1, 0.15) is 5.82 Å². The van der Waals surface area contributed by atoms with Gasteiger partial charge in [0.25, 0.3) is 5.91 Å². The third-order valence-electron chi connectivity index (χ3n) is 4.94. The Morgan fingerprint density at radius 3 is 2.48 bits per heavy atom. The first-order valence-corrected chi connectivity index (χ1v) is 9.08. The summed E-state index contributed by atoms with van der Waals surface area (Å²) in [5, 5.41) is 10.3. The number of ketones is 1. The molecule has 1 heterocycles. The summed E-state index contributed by atoms with van der Waals surface area (Å²) in [5.41, 5.74) is 1.29. The van der Waals surface area contributed by atoms with E-state index in [1.165, 1.54) is 37.1 Å². The number of aliphatic hydroxyl groups excluding tert-OH is 1. The fourth-order valence-electron chi connectivity index (χ4n) is 3.55. The fraction of sp³-hybridized carbons (Fsp3) is 0.273. The molecule has 0 saturated heterocycles. The van der Waals surface area contributed by atoms with Gasteiger partial charge in [0.2, 0.25) is 0 Å². The zero-order chi connectivity index (χ0) is 21.1. The van der Waals surface area contributed by atoms with Crippen LogP contribution in [0, 0.1) is 5.82 Å². The van der Waals surface area contributed by atoms with Crippen LogP contribution in [0.3, 0.4) is 0 Å². The first kappa shape index (κ1) is 20.4. The van der Waals surface area contributed by atoms with Crippen molar-refractivity contribution in [2.45, 2.75) is 19.4 Å². The third kappa shape index (κ3) is 3.94. The number of carbonyl (C=O) groups is 2. The minimum atomic E-state index is -0.837. The molecule has 1 aliphatic rings. The van der Waals surface area contributed by atoms with Crippen molar-refractivity contribution in [3.05, 3.63) is 70.7 Å². The molecule has 1 aliphatic heterocycles. The molecular formula is C22H22FNO5. The normalized spacial score (nSPS) is 16.3. The molecule has 0 spiro atoms. The number of methoxy groups -OCH3 is 2. The maximum absolute atomic E-state index is 13.8. The lowest BCUT2D eigenvalue weighted by Crippen LogP contribution is -2.33. The van der Waals surface area contributed by atoms with Crippen LogP contribution in [0.25, 0.3) is 0 Å². The molecule has 0 aliphatic carbocycles. The van der Waals surface area contributed by atoms with Gasteiger partial charge in [-0.2, -0.15) is 0 Å². The van der Waals surface area contributed by atoms with E-state index < -0.39 is 29.3 Å². The van der Waals surface area contributed by atoms with E-state index in [1.54, 1.807) is 25.3 Å². The Labute approximate surface area is 168 Å². The fourth-order valence-corrected chi connectivity index (χ4v) is 3.55. The summed E-state index contributed by atoms with van der Waals surface area (Å²) in [6.07, 6.45) is 0.441. The largest absolute Gasteiger partial charge is 0.503 e. The number of nitrogens with zero attached hydrogens (tertiary/aromatic N) is 1. The van der Waals surface area contributed by atoms with Gasteiger partial charge in [-0.3, -0.25) is 9.59 Å². The van der Waals surface area contributed by atoms with E-state index in [-0.39, 0.29) is 12.1 Å². The summed E-state index contributed by atoms with van der Waals surface area (Å²) in [5.74, 6) is -0.999. The third-order valence-corrected chi connectivity index (χ3v) is 4.94. The molecule has 1 amide bonds. The summed E-state index contributed by atoms with van der Waals surface area (Å²) in [4.78, 5) is 26.2. The minimum Gasteiger partial charge on any atom is -0.503 e. The van der Waals surface area contributed by atoms with Crippen molar-refractivity contribution in [1.82, 2.24) is 4.90 Å². The SMILES string of the molecule is COc1ccc(CCN2C(=O)C(O)=C(C(C)=O)C2c2cccc(F)c2)cc1OC. The maximum atomic E-state index is 13.8. The van der Waals surface area contributed by atoms with Gasteiger partial charge in [0.05, 0.1) is 25.8 Å². The van der Waals surface area contributed by atoms with Crippen molar-refractivity contribution in [2.75, 3.05) is 20.8 Å². The molecular weight excluding hydrogens is 377 g/mol. The van der Waals surface area contributed by atoms with Crippen molar-refractivity contribution in [2.24, 2.45) is 0 Å². The Bertz CT molecular complexity index is 985. The van der Waals surface area contributed by atoms with Gasteiger partial charge in [-0.25, -0.2) is 4.39 Å². The van der Waals surface area contributed by atoms with E-state index in [4.69, 9.17) is 9.47 Å². The standard InChI is InChI=1S/C22H22FNO5/c1-13(25)19-20(15-5-4-6-16(23)12-15)24(22(27)21(19)26)10-9-14-7-8-17(28-2)18(11-14)29-3/h4-8,11-12,20,26H,9-10H2,1-3H3. The van der Waals surface area contributed by atoms with Crippen LogP contribution in [0.4, 0.5) is 4.39 Å². The molecule has 0 bridgehead atoms. The highest BCUT2D eigenvalue weighted by Crippen LogP contribution is 2.38. The van der Waals surface area contributed by atoms with Crippen LogP contribution in [0.1, 0.15) is 24.1 Å². The van der Waals surface area contributed by atoms with E-state index in [2.05, 4.69) is 0 Å². The Hall–Kier alpha value is -3.35. The van der Waals surface area contributed by atoms with Gasteiger partial charge < -0.3 is 19.5 Å². The molecule has 6 nitrogen and oxygen atoms in total. The van der Waals surface area contributed by atoms with Gasteiger partial charge in [0, 0.05) is 6.54 Å².